The van der Waals surface area contributed by atoms with E-state index in [4.69, 9.17) is 0 Å². The molecule has 26 heavy (non-hydrogen) atoms. The van der Waals surface area contributed by atoms with Crippen LogP contribution in [-0.2, 0) is 11.0 Å². The van der Waals surface area contributed by atoms with Gasteiger partial charge >= 0.3 is 6.18 Å². The Bertz CT molecular complexity index is 671. The van der Waals surface area contributed by atoms with Gasteiger partial charge in [0.15, 0.2) is 0 Å². The van der Waals surface area contributed by atoms with Crippen molar-refractivity contribution in [3.63, 3.8) is 0 Å². The molecule has 1 saturated carbocycles. The molecule has 142 valence electrons. The van der Waals surface area contributed by atoms with E-state index < -0.39 is 11.9 Å². The Morgan fingerprint density at radius 2 is 1.77 bits per heavy atom. The molecular formula is C17H22F3N5O. The average molecular weight is 369 g/mol. The van der Waals surface area contributed by atoms with Crippen molar-refractivity contribution in [1.82, 2.24) is 20.2 Å². The van der Waals surface area contributed by atoms with Gasteiger partial charge in [-0.2, -0.15) is 13.2 Å². The van der Waals surface area contributed by atoms with Gasteiger partial charge in [0.25, 0.3) is 0 Å². The Hall–Kier alpha value is -1.90. The summed E-state index contributed by atoms with van der Waals surface area (Å²) in [7, 11) is 0. The zero-order valence-electron chi connectivity index (χ0n) is 14.4. The summed E-state index contributed by atoms with van der Waals surface area (Å²) >= 11 is 0. The molecule has 1 atom stereocenters. The van der Waals surface area contributed by atoms with E-state index in [0.717, 1.165) is 64.1 Å². The fourth-order valence-corrected chi connectivity index (χ4v) is 4.07. The molecule has 1 N–H and O–H groups in total. The maximum Gasteiger partial charge on any atom is 0.433 e. The average Bonchev–Trinajstić information content (AvgIpc) is 3.35. The van der Waals surface area contributed by atoms with Crippen molar-refractivity contribution >= 4 is 11.7 Å². The molecule has 3 heterocycles. The highest BCUT2D eigenvalue weighted by molar-refractivity contribution is 5.83. The van der Waals surface area contributed by atoms with Crippen LogP contribution in [0.3, 0.4) is 0 Å². The maximum atomic E-state index is 13.0. The fourth-order valence-electron chi connectivity index (χ4n) is 4.07. The maximum absolute atomic E-state index is 13.0. The Labute approximate surface area is 149 Å². The number of piperidine rings is 1. The van der Waals surface area contributed by atoms with Crippen LogP contribution in [0.2, 0.25) is 0 Å². The van der Waals surface area contributed by atoms with E-state index in [0.29, 0.717) is 5.82 Å². The van der Waals surface area contributed by atoms with Crippen LogP contribution in [0.25, 0.3) is 0 Å². The molecule has 9 heteroatoms. The minimum Gasteiger partial charge on any atom is -0.355 e. The molecule has 1 unspecified atom stereocenters. The van der Waals surface area contributed by atoms with Gasteiger partial charge in [-0.15, -0.1) is 0 Å². The second-order valence-electron chi connectivity index (χ2n) is 7.26. The molecule has 6 nitrogen and oxygen atoms in total. The number of amides is 1. The number of anilines is 1. The monoisotopic (exact) mass is 369 g/mol. The van der Waals surface area contributed by atoms with Gasteiger partial charge < -0.3 is 10.2 Å². The summed E-state index contributed by atoms with van der Waals surface area (Å²) < 4.78 is 39.0. The molecule has 0 radical (unpaired) electrons. The van der Waals surface area contributed by atoms with Crippen LogP contribution in [0.5, 0.6) is 0 Å². The number of halogens is 3. The van der Waals surface area contributed by atoms with Gasteiger partial charge in [-0.3, -0.25) is 9.69 Å². The zero-order chi connectivity index (χ0) is 18.3. The molecule has 0 bridgehead atoms. The number of rotatable bonds is 4. The van der Waals surface area contributed by atoms with Crippen LogP contribution in [0.15, 0.2) is 12.4 Å². The molecule has 1 aromatic heterocycles. The summed E-state index contributed by atoms with van der Waals surface area (Å²) in [6.45, 7) is 2.28. The lowest BCUT2D eigenvalue weighted by atomic mass is 10.0. The third-order valence-corrected chi connectivity index (χ3v) is 5.50. The quantitative estimate of drug-likeness (QED) is 0.877. The highest BCUT2D eigenvalue weighted by atomic mass is 19.4. The molecule has 2 saturated heterocycles. The molecule has 2 aliphatic heterocycles. The first-order valence-corrected chi connectivity index (χ1v) is 9.13. The SMILES string of the molecule is O=C1NCCC1N1CCC(N(c2cc(C(F)(F)F)ncn2)C2CC2)CC1. The van der Waals surface area contributed by atoms with Gasteiger partial charge in [-0.25, -0.2) is 9.97 Å². The first-order valence-electron chi connectivity index (χ1n) is 9.13. The molecule has 0 spiro atoms. The van der Waals surface area contributed by atoms with Crippen molar-refractivity contribution in [2.75, 3.05) is 24.5 Å². The van der Waals surface area contributed by atoms with E-state index in [-0.39, 0.29) is 24.0 Å². The minimum absolute atomic E-state index is 0.0544. The molecule has 1 aliphatic carbocycles. The number of carbonyl (C=O) groups is 1. The van der Waals surface area contributed by atoms with Crippen molar-refractivity contribution in [3.05, 3.63) is 18.1 Å². The van der Waals surface area contributed by atoms with E-state index in [1.54, 1.807) is 0 Å². The summed E-state index contributed by atoms with van der Waals surface area (Å²) in [5.74, 6) is 0.458. The van der Waals surface area contributed by atoms with Crippen molar-refractivity contribution < 1.29 is 18.0 Å². The molecule has 3 fully saturated rings. The van der Waals surface area contributed by atoms with Crippen LogP contribution in [0, 0.1) is 0 Å². The Morgan fingerprint density at radius 3 is 2.35 bits per heavy atom. The number of aromatic nitrogens is 2. The van der Waals surface area contributed by atoms with Crippen molar-refractivity contribution in [2.45, 2.75) is 56.4 Å². The van der Waals surface area contributed by atoms with Gasteiger partial charge in [-0.05, 0) is 32.1 Å². The lowest BCUT2D eigenvalue weighted by Gasteiger charge is -2.40. The van der Waals surface area contributed by atoms with E-state index in [9.17, 15) is 18.0 Å². The first-order chi connectivity index (χ1) is 12.4. The lowest BCUT2D eigenvalue weighted by molar-refractivity contribution is -0.141. The number of nitrogens with one attached hydrogen (secondary N) is 1. The number of carbonyl (C=O) groups excluding carboxylic acids is 1. The topological polar surface area (TPSA) is 61.4 Å². The molecule has 4 rings (SSSR count). The first kappa shape index (κ1) is 17.5. The largest absolute Gasteiger partial charge is 0.433 e. The smallest absolute Gasteiger partial charge is 0.355 e. The van der Waals surface area contributed by atoms with Crippen molar-refractivity contribution in [1.29, 1.82) is 0 Å². The van der Waals surface area contributed by atoms with E-state index in [1.807, 2.05) is 0 Å². The van der Waals surface area contributed by atoms with Crippen LogP contribution >= 0.6 is 0 Å². The van der Waals surface area contributed by atoms with Gasteiger partial charge in [0.05, 0.1) is 6.04 Å². The van der Waals surface area contributed by atoms with Gasteiger partial charge in [-0.1, -0.05) is 0 Å². The molecule has 1 aromatic rings. The Morgan fingerprint density at radius 1 is 1.08 bits per heavy atom. The number of nitrogens with zero attached hydrogens (tertiary/aromatic N) is 4. The molecule has 0 aromatic carbocycles. The number of hydrogen-bond donors (Lipinski definition) is 1. The second-order valence-corrected chi connectivity index (χ2v) is 7.26. The fraction of sp³-hybridized carbons (Fsp3) is 0.706. The van der Waals surface area contributed by atoms with Crippen molar-refractivity contribution in [3.8, 4) is 0 Å². The summed E-state index contributed by atoms with van der Waals surface area (Å²) in [4.78, 5) is 23.6. The van der Waals surface area contributed by atoms with Crippen LogP contribution in [0.1, 0.15) is 37.8 Å². The van der Waals surface area contributed by atoms with Gasteiger partial charge in [0.1, 0.15) is 17.8 Å². The van der Waals surface area contributed by atoms with Crippen LogP contribution < -0.4 is 10.2 Å². The normalized spacial score (nSPS) is 25.3. The third kappa shape index (κ3) is 3.49. The molecule has 3 aliphatic rings. The molecular weight excluding hydrogens is 347 g/mol. The summed E-state index contributed by atoms with van der Waals surface area (Å²) in [5.41, 5.74) is -0.895. The highest BCUT2D eigenvalue weighted by Crippen LogP contribution is 2.37. The predicted molar refractivity (Wildman–Crippen MR) is 88.5 cm³/mol. The minimum atomic E-state index is -4.47. The summed E-state index contributed by atoms with van der Waals surface area (Å²) in [6.07, 6.45) is 0.985. The third-order valence-electron chi connectivity index (χ3n) is 5.50. The zero-order valence-corrected chi connectivity index (χ0v) is 14.4. The highest BCUT2D eigenvalue weighted by Gasteiger charge is 2.40. The van der Waals surface area contributed by atoms with E-state index in [1.165, 1.54) is 0 Å². The van der Waals surface area contributed by atoms with Gasteiger partial charge in [0.2, 0.25) is 5.91 Å². The number of alkyl halides is 3. The van der Waals surface area contributed by atoms with Crippen LogP contribution in [0.4, 0.5) is 19.0 Å². The van der Waals surface area contributed by atoms with Gasteiger partial charge in [0, 0.05) is 37.8 Å². The molecule has 1 amide bonds. The predicted octanol–water partition coefficient (Wildman–Crippen LogP) is 1.82. The lowest BCUT2D eigenvalue weighted by Crippen LogP contribution is -2.50. The summed E-state index contributed by atoms with van der Waals surface area (Å²) in [6, 6.07) is 1.42. The van der Waals surface area contributed by atoms with Crippen molar-refractivity contribution in [2.24, 2.45) is 0 Å². The van der Waals surface area contributed by atoms with E-state index in [2.05, 4.69) is 25.1 Å². The standard InChI is InChI=1S/C17H22F3N5O/c18-17(19,20)14-9-15(23-10-22-14)25(11-1-2-11)12-4-7-24(8-5-12)13-3-6-21-16(13)26/h9-13H,1-8H2,(H,21,26). The Kier molecular flexibility index (Phi) is 4.50. The number of likely N-dealkylation sites (tertiary alicyclic amines) is 1. The number of hydrogen-bond acceptors (Lipinski definition) is 5. The Balaban J connectivity index is 1.48. The summed E-state index contributed by atoms with van der Waals surface area (Å²) in [5, 5.41) is 2.86. The van der Waals surface area contributed by atoms with Crippen LogP contribution in [-0.4, -0.2) is 58.5 Å². The second kappa shape index (κ2) is 6.68. The van der Waals surface area contributed by atoms with E-state index >= 15 is 0 Å².